The number of carbonyl (C=O) groups is 5. The Morgan fingerprint density at radius 3 is 1.93 bits per heavy atom. The minimum absolute atomic E-state index is 0.136. The molecule has 2 aliphatic rings. The van der Waals surface area contributed by atoms with E-state index in [1.165, 1.54) is 6.92 Å². The van der Waals surface area contributed by atoms with Crippen molar-refractivity contribution in [1.82, 2.24) is 26.2 Å². The summed E-state index contributed by atoms with van der Waals surface area (Å²) in [5.41, 5.74) is 0.913. The van der Waals surface area contributed by atoms with E-state index in [9.17, 15) is 24.0 Å². The number of ketones is 1. The number of Topliss-reactive ketones (excluding diaryl/α,β-unsaturated/α-hetero) is 1. The molecule has 248 valence electrons. The summed E-state index contributed by atoms with van der Waals surface area (Å²) in [4.78, 5) is 67.7. The van der Waals surface area contributed by atoms with Gasteiger partial charge in [0, 0.05) is 19.5 Å². The molecule has 4 amide bonds. The molecule has 12 nitrogen and oxygen atoms in total. The van der Waals surface area contributed by atoms with Gasteiger partial charge in [0.25, 0.3) is 0 Å². The van der Waals surface area contributed by atoms with Crippen molar-refractivity contribution < 1.29 is 33.4 Å². The topological polar surface area (TPSA) is 158 Å². The van der Waals surface area contributed by atoms with E-state index in [0.717, 1.165) is 11.1 Å². The fraction of sp³-hybridized carbons (Fsp3) is 0.500. The van der Waals surface area contributed by atoms with Crippen LogP contribution in [0.25, 0.3) is 0 Å². The summed E-state index contributed by atoms with van der Waals surface area (Å²) in [6, 6.07) is 15.1. The summed E-state index contributed by atoms with van der Waals surface area (Å²) < 4.78 is 10.6. The molecule has 2 aliphatic heterocycles. The van der Waals surface area contributed by atoms with Crippen molar-refractivity contribution in [3.63, 3.8) is 0 Å². The minimum Gasteiger partial charge on any atom is -0.379 e. The van der Waals surface area contributed by atoms with E-state index in [0.29, 0.717) is 45.8 Å². The first-order valence-corrected chi connectivity index (χ1v) is 15.8. The van der Waals surface area contributed by atoms with Crippen LogP contribution in [0.1, 0.15) is 38.3 Å². The van der Waals surface area contributed by atoms with Gasteiger partial charge in [-0.15, -0.1) is 0 Å². The molecule has 0 bridgehead atoms. The summed E-state index contributed by atoms with van der Waals surface area (Å²) >= 11 is 0. The predicted molar refractivity (Wildman–Crippen MR) is 171 cm³/mol. The molecule has 0 saturated carbocycles. The van der Waals surface area contributed by atoms with E-state index in [1.54, 1.807) is 13.8 Å². The van der Waals surface area contributed by atoms with E-state index in [-0.39, 0.29) is 24.7 Å². The Balaban J connectivity index is 1.39. The lowest BCUT2D eigenvalue weighted by molar-refractivity contribution is -0.134. The molecule has 4 N–H and O–H groups in total. The van der Waals surface area contributed by atoms with Gasteiger partial charge in [-0.05, 0) is 44.7 Å². The summed E-state index contributed by atoms with van der Waals surface area (Å²) in [6.07, 6.45) is 1.04. The molecule has 12 heteroatoms. The highest BCUT2D eigenvalue weighted by Gasteiger charge is 2.49. The van der Waals surface area contributed by atoms with E-state index in [4.69, 9.17) is 9.47 Å². The molecule has 46 heavy (non-hydrogen) atoms. The van der Waals surface area contributed by atoms with Crippen LogP contribution in [0.2, 0.25) is 0 Å². The molecule has 5 atom stereocenters. The average Bonchev–Trinajstić information content (AvgIpc) is 3.81. The average molecular weight is 636 g/mol. The minimum atomic E-state index is -1.02. The van der Waals surface area contributed by atoms with E-state index >= 15 is 0 Å². The first kappa shape index (κ1) is 34.7. The first-order chi connectivity index (χ1) is 22.0. The zero-order valence-corrected chi connectivity index (χ0v) is 26.8. The zero-order chi connectivity index (χ0) is 33.1. The molecule has 2 aromatic carbocycles. The van der Waals surface area contributed by atoms with Crippen LogP contribution >= 0.6 is 0 Å². The molecule has 2 saturated heterocycles. The molecule has 2 heterocycles. The lowest BCUT2D eigenvalue weighted by Gasteiger charge is -2.27. The Bertz CT molecular complexity index is 1350. The summed E-state index contributed by atoms with van der Waals surface area (Å²) in [7, 11) is 0. The van der Waals surface area contributed by atoms with Gasteiger partial charge in [0.2, 0.25) is 23.6 Å². The first-order valence-electron chi connectivity index (χ1n) is 15.8. The number of nitrogens with zero attached hydrogens (tertiary/aromatic N) is 1. The second-order valence-corrected chi connectivity index (χ2v) is 12.1. The van der Waals surface area contributed by atoms with Gasteiger partial charge in [-0.25, -0.2) is 0 Å². The van der Waals surface area contributed by atoms with Gasteiger partial charge in [-0.2, -0.15) is 0 Å². The third kappa shape index (κ3) is 10.5. The maximum Gasteiger partial charge on any atom is 0.243 e. The Kier molecular flexibility index (Phi) is 12.4. The normalized spacial score (nSPS) is 20.3. The van der Waals surface area contributed by atoms with Gasteiger partial charge >= 0.3 is 0 Å². The van der Waals surface area contributed by atoms with Crippen LogP contribution in [0.4, 0.5) is 0 Å². The van der Waals surface area contributed by atoms with Crippen LogP contribution in [0.5, 0.6) is 0 Å². The van der Waals surface area contributed by atoms with Crippen LogP contribution in [0.15, 0.2) is 60.7 Å². The van der Waals surface area contributed by atoms with Gasteiger partial charge in [-0.3, -0.25) is 28.9 Å². The monoisotopic (exact) mass is 635 g/mol. The van der Waals surface area contributed by atoms with Crippen molar-refractivity contribution in [3.8, 4) is 0 Å². The number of amides is 4. The molecule has 4 rings (SSSR count). The molecular formula is C34H45N5O7. The fourth-order valence-corrected chi connectivity index (χ4v) is 5.25. The molecule has 0 unspecified atom stereocenters. The second kappa shape index (κ2) is 16.4. The molecule has 0 spiro atoms. The van der Waals surface area contributed by atoms with Crippen molar-refractivity contribution in [2.75, 3.05) is 39.5 Å². The number of nitrogens with one attached hydrogen (secondary N) is 4. The molecule has 2 aromatic rings. The van der Waals surface area contributed by atoms with Crippen LogP contribution < -0.4 is 21.3 Å². The highest BCUT2D eigenvalue weighted by atomic mass is 16.6. The molecule has 0 aromatic heterocycles. The van der Waals surface area contributed by atoms with E-state index in [2.05, 4.69) is 21.3 Å². The standard InChI is InChI=1S/C34H45N5O7/c1-23(30(41)34(3)22-46-34)35-33(44)28(20-26-12-8-5-9-13-26)38-31(42)24(2)36-32(43)27(15-14-25-10-6-4-7-11-25)37-29(40)21-39-16-18-45-19-17-39/h4-13,23-24,27-28H,14-22H2,1-3H3,(H,35,44)(H,36,43)(H,37,40)(H,38,42)/t23-,24-,27-,28-,34+/m0/s1. The largest absolute Gasteiger partial charge is 0.379 e. The number of morpholine rings is 1. The Morgan fingerprint density at radius 2 is 1.33 bits per heavy atom. The van der Waals surface area contributed by atoms with Crippen molar-refractivity contribution in [2.24, 2.45) is 0 Å². The van der Waals surface area contributed by atoms with Crippen molar-refractivity contribution >= 4 is 29.4 Å². The third-order valence-electron chi connectivity index (χ3n) is 8.21. The lowest BCUT2D eigenvalue weighted by atomic mass is 10.0. The van der Waals surface area contributed by atoms with Gasteiger partial charge in [-0.1, -0.05) is 60.7 Å². The predicted octanol–water partition coefficient (Wildman–Crippen LogP) is 0.531. The summed E-state index contributed by atoms with van der Waals surface area (Å²) in [5, 5.41) is 11.0. The quantitative estimate of drug-likeness (QED) is 0.195. The number of carbonyl (C=O) groups excluding carboxylic acids is 5. The summed E-state index contributed by atoms with van der Waals surface area (Å²) in [5.74, 6) is -2.15. The van der Waals surface area contributed by atoms with Gasteiger partial charge in [0.05, 0.1) is 32.4 Å². The highest BCUT2D eigenvalue weighted by molar-refractivity contribution is 5.98. The van der Waals surface area contributed by atoms with Crippen molar-refractivity contribution in [1.29, 1.82) is 0 Å². The zero-order valence-electron chi connectivity index (χ0n) is 26.8. The lowest BCUT2D eigenvalue weighted by Crippen LogP contribution is -2.58. The van der Waals surface area contributed by atoms with Crippen LogP contribution in [0.3, 0.4) is 0 Å². The summed E-state index contributed by atoms with van der Waals surface area (Å²) in [6.45, 7) is 7.56. The number of benzene rings is 2. The Hall–Kier alpha value is -4.13. The van der Waals surface area contributed by atoms with Crippen molar-refractivity contribution in [3.05, 3.63) is 71.8 Å². The number of ether oxygens (including phenoxy) is 2. The molecule has 0 radical (unpaired) electrons. The van der Waals surface area contributed by atoms with Crippen LogP contribution in [-0.2, 0) is 46.3 Å². The molecule has 2 fully saturated rings. The van der Waals surface area contributed by atoms with Gasteiger partial charge in [0.15, 0.2) is 5.78 Å². The van der Waals surface area contributed by atoms with Crippen molar-refractivity contribution in [2.45, 2.75) is 69.8 Å². The molecule has 0 aliphatic carbocycles. The maximum absolute atomic E-state index is 13.5. The fourth-order valence-electron chi connectivity index (χ4n) is 5.25. The van der Waals surface area contributed by atoms with Crippen LogP contribution in [0, 0.1) is 0 Å². The Morgan fingerprint density at radius 1 is 0.761 bits per heavy atom. The third-order valence-corrected chi connectivity index (χ3v) is 8.21. The Labute approximate surface area is 269 Å². The number of aryl methyl sites for hydroxylation is 1. The second-order valence-electron chi connectivity index (χ2n) is 12.1. The number of hydrogen-bond acceptors (Lipinski definition) is 8. The smallest absolute Gasteiger partial charge is 0.243 e. The number of epoxide rings is 1. The molecular weight excluding hydrogens is 590 g/mol. The van der Waals surface area contributed by atoms with Gasteiger partial charge < -0.3 is 30.7 Å². The van der Waals surface area contributed by atoms with E-state index < -0.39 is 47.5 Å². The highest BCUT2D eigenvalue weighted by Crippen LogP contribution is 2.28. The number of rotatable bonds is 16. The maximum atomic E-state index is 13.5. The van der Waals surface area contributed by atoms with Gasteiger partial charge in [0.1, 0.15) is 23.7 Å². The number of hydrogen-bond donors (Lipinski definition) is 4. The van der Waals surface area contributed by atoms with E-state index in [1.807, 2.05) is 65.6 Å². The van der Waals surface area contributed by atoms with Crippen LogP contribution in [-0.4, -0.2) is 104 Å². The SMILES string of the molecule is C[C@H](NC(=O)[C@H](CCc1ccccc1)NC(=O)CN1CCOCC1)C(=O)N[C@@H](Cc1ccccc1)C(=O)N[C@@H](C)C(=O)[C@@]1(C)CO1.